The molecular formula is C19H19FN4O2. The maximum absolute atomic E-state index is 13.2. The Kier molecular flexibility index (Phi) is 5.48. The summed E-state index contributed by atoms with van der Waals surface area (Å²) >= 11 is 0. The number of urea groups is 1. The van der Waals surface area contributed by atoms with E-state index in [0.717, 1.165) is 11.1 Å². The van der Waals surface area contributed by atoms with Crippen molar-refractivity contribution in [2.24, 2.45) is 0 Å². The van der Waals surface area contributed by atoms with Gasteiger partial charge in [0.2, 0.25) is 0 Å². The zero-order valence-electron chi connectivity index (χ0n) is 14.3. The highest BCUT2D eigenvalue weighted by molar-refractivity contribution is 5.90. The predicted octanol–water partition coefficient (Wildman–Crippen LogP) is 3.40. The lowest BCUT2D eigenvalue weighted by atomic mass is 10.1. The first-order valence-electron chi connectivity index (χ1n) is 8.08. The Morgan fingerprint density at radius 3 is 2.73 bits per heavy atom. The lowest BCUT2D eigenvalue weighted by Gasteiger charge is -2.13. The van der Waals surface area contributed by atoms with Crippen molar-refractivity contribution in [2.45, 2.75) is 13.1 Å². The molecule has 6 nitrogen and oxygen atoms in total. The average molecular weight is 354 g/mol. The van der Waals surface area contributed by atoms with E-state index in [1.54, 1.807) is 6.20 Å². The number of nitrogens with zero attached hydrogens (tertiary/aromatic N) is 2. The van der Waals surface area contributed by atoms with Crippen LogP contribution in [0.3, 0.4) is 0 Å². The van der Waals surface area contributed by atoms with Crippen molar-refractivity contribution >= 4 is 11.7 Å². The van der Waals surface area contributed by atoms with Crippen LogP contribution in [-0.2, 0) is 13.1 Å². The lowest BCUT2D eigenvalue weighted by molar-refractivity contribution is 0.251. The Labute approximate surface area is 150 Å². The molecule has 0 fully saturated rings. The van der Waals surface area contributed by atoms with Gasteiger partial charge in [-0.05, 0) is 29.3 Å². The molecule has 7 heteroatoms. The van der Waals surface area contributed by atoms with Gasteiger partial charge in [0.05, 0.1) is 19.3 Å². The summed E-state index contributed by atoms with van der Waals surface area (Å²) in [5.41, 5.74) is 2.45. The summed E-state index contributed by atoms with van der Waals surface area (Å²) in [4.78, 5) is 12.2. The highest BCUT2D eigenvalue weighted by Crippen LogP contribution is 2.24. The zero-order chi connectivity index (χ0) is 18.4. The van der Waals surface area contributed by atoms with E-state index in [-0.39, 0.29) is 5.75 Å². The monoisotopic (exact) mass is 354 g/mol. The molecule has 2 aromatic carbocycles. The molecule has 1 heterocycles. The fourth-order valence-electron chi connectivity index (χ4n) is 2.56. The highest BCUT2D eigenvalue weighted by Gasteiger charge is 2.09. The quantitative estimate of drug-likeness (QED) is 0.713. The van der Waals surface area contributed by atoms with Crippen LogP contribution in [0.4, 0.5) is 14.9 Å². The van der Waals surface area contributed by atoms with Crippen molar-refractivity contribution in [3.05, 3.63) is 77.9 Å². The molecule has 0 saturated carbocycles. The average Bonchev–Trinajstić information content (AvgIpc) is 3.15. The number of carbonyl (C=O) groups is 1. The molecule has 0 aliphatic carbocycles. The molecule has 0 spiro atoms. The van der Waals surface area contributed by atoms with Gasteiger partial charge in [-0.1, -0.05) is 24.3 Å². The van der Waals surface area contributed by atoms with Crippen LogP contribution in [0.5, 0.6) is 5.75 Å². The number of benzene rings is 2. The number of ether oxygens (including phenoxy) is 1. The maximum Gasteiger partial charge on any atom is 0.319 e. The molecule has 3 rings (SSSR count). The third kappa shape index (κ3) is 4.38. The van der Waals surface area contributed by atoms with Crippen LogP contribution in [-0.4, -0.2) is 22.9 Å². The first-order chi connectivity index (χ1) is 12.7. The van der Waals surface area contributed by atoms with E-state index in [9.17, 15) is 9.18 Å². The van der Waals surface area contributed by atoms with Gasteiger partial charge in [0, 0.05) is 25.0 Å². The normalized spacial score (nSPS) is 10.4. The Morgan fingerprint density at radius 2 is 2.00 bits per heavy atom. The van der Waals surface area contributed by atoms with Gasteiger partial charge in [-0.15, -0.1) is 0 Å². The number of aromatic nitrogens is 2. The Hall–Kier alpha value is -3.35. The molecule has 2 amide bonds. The van der Waals surface area contributed by atoms with Gasteiger partial charge in [0.1, 0.15) is 11.6 Å². The molecule has 0 unspecified atom stereocenters. The predicted molar refractivity (Wildman–Crippen MR) is 96.6 cm³/mol. The zero-order valence-corrected chi connectivity index (χ0v) is 14.3. The first-order valence-corrected chi connectivity index (χ1v) is 8.08. The molecule has 0 bridgehead atoms. The summed E-state index contributed by atoms with van der Waals surface area (Å²) < 4.78 is 20.1. The summed E-state index contributed by atoms with van der Waals surface area (Å²) in [6.07, 6.45) is 3.61. The van der Waals surface area contributed by atoms with Crippen LogP contribution >= 0.6 is 0 Å². The van der Waals surface area contributed by atoms with E-state index >= 15 is 0 Å². The van der Waals surface area contributed by atoms with E-state index in [1.165, 1.54) is 25.3 Å². The second-order valence-corrected chi connectivity index (χ2v) is 5.62. The van der Waals surface area contributed by atoms with Gasteiger partial charge < -0.3 is 15.4 Å². The third-order valence-corrected chi connectivity index (χ3v) is 3.86. The summed E-state index contributed by atoms with van der Waals surface area (Å²) in [7, 11) is 1.42. The fraction of sp³-hybridized carbons (Fsp3) is 0.158. The van der Waals surface area contributed by atoms with Gasteiger partial charge in [0.15, 0.2) is 0 Å². The van der Waals surface area contributed by atoms with Gasteiger partial charge in [-0.2, -0.15) is 5.10 Å². The number of hydrogen-bond donors (Lipinski definition) is 2. The van der Waals surface area contributed by atoms with Crippen LogP contribution in [0.15, 0.2) is 60.9 Å². The minimum atomic E-state index is -0.430. The van der Waals surface area contributed by atoms with Gasteiger partial charge >= 0.3 is 6.03 Å². The SMILES string of the molecule is COc1cc(F)ccc1NC(=O)NCc1ccccc1Cn1cccn1. The summed E-state index contributed by atoms with van der Waals surface area (Å²) in [6.45, 7) is 0.977. The van der Waals surface area contributed by atoms with Crippen LogP contribution in [0.25, 0.3) is 0 Å². The number of nitrogens with one attached hydrogen (secondary N) is 2. The number of anilines is 1. The van der Waals surface area contributed by atoms with Gasteiger partial charge in [-0.25, -0.2) is 9.18 Å². The molecule has 0 radical (unpaired) electrons. The Balaban J connectivity index is 1.63. The summed E-state index contributed by atoms with van der Waals surface area (Å²) in [5.74, 6) is -0.167. The van der Waals surface area contributed by atoms with Crippen molar-refractivity contribution in [3.63, 3.8) is 0 Å². The molecule has 1 aromatic heterocycles. The lowest BCUT2D eigenvalue weighted by Crippen LogP contribution is -2.28. The maximum atomic E-state index is 13.2. The van der Waals surface area contributed by atoms with Crippen molar-refractivity contribution in [2.75, 3.05) is 12.4 Å². The minimum Gasteiger partial charge on any atom is -0.494 e. The molecule has 2 N–H and O–H groups in total. The summed E-state index contributed by atoms with van der Waals surface area (Å²) in [6, 6.07) is 13.2. The van der Waals surface area contributed by atoms with E-state index < -0.39 is 11.8 Å². The van der Waals surface area contributed by atoms with Crippen molar-refractivity contribution in [1.82, 2.24) is 15.1 Å². The number of halogens is 1. The van der Waals surface area contributed by atoms with E-state index in [4.69, 9.17) is 4.74 Å². The number of amides is 2. The standard InChI is InChI=1S/C19H19FN4O2/c1-26-18-11-16(20)7-8-17(18)23-19(25)21-12-14-5-2-3-6-15(14)13-24-10-4-9-22-24/h2-11H,12-13H2,1H3,(H2,21,23,25). The smallest absolute Gasteiger partial charge is 0.319 e. The number of rotatable bonds is 6. The van der Waals surface area contributed by atoms with Crippen LogP contribution in [0.2, 0.25) is 0 Å². The molecule has 0 saturated heterocycles. The third-order valence-electron chi connectivity index (χ3n) is 3.86. The Morgan fingerprint density at radius 1 is 1.19 bits per heavy atom. The number of hydrogen-bond acceptors (Lipinski definition) is 3. The van der Waals surface area contributed by atoms with Gasteiger partial charge in [-0.3, -0.25) is 4.68 Å². The van der Waals surface area contributed by atoms with Crippen LogP contribution in [0.1, 0.15) is 11.1 Å². The topological polar surface area (TPSA) is 68.2 Å². The minimum absolute atomic E-state index is 0.263. The molecule has 0 aliphatic rings. The molecule has 0 atom stereocenters. The van der Waals surface area contributed by atoms with Crippen molar-refractivity contribution in [3.8, 4) is 5.75 Å². The van der Waals surface area contributed by atoms with Crippen LogP contribution < -0.4 is 15.4 Å². The second-order valence-electron chi connectivity index (χ2n) is 5.62. The molecule has 3 aromatic rings. The number of carbonyl (C=O) groups excluding carboxylic acids is 1. The first kappa shape index (κ1) is 17.5. The second kappa shape index (κ2) is 8.15. The van der Waals surface area contributed by atoms with E-state index in [1.807, 2.05) is 41.2 Å². The van der Waals surface area contributed by atoms with Crippen molar-refractivity contribution < 1.29 is 13.9 Å². The number of methoxy groups -OCH3 is 1. The molecular weight excluding hydrogens is 335 g/mol. The van der Waals surface area contributed by atoms with Crippen molar-refractivity contribution in [1.29, 1.82) is 0 Å². The fourth-order valence-corrected chi connectivity index (χ4v) is 2.56. The molecule has 134 valence electrons. The van der Waals surface area contributed by atoms with Gasteiger partial charge in [0.25, 0.3) is 0 Å². The van der Waals surface area contributed by atoms with Crippen LogP contribution in [0, 0.1) is 5.82 Å². The van der Waals surface area contributed by atoms with E-state index in [0.29, 0.717) is 18.8 Å². The summed E-state index contributed by atoms with van der Waals surface area (Å²) in [5, 5.41) is 9.67. The largest absolute Gasteiger partial charge is 0.494 e. The Bertz CT molecular complexity index is 881. The molecule has 0 aliphatic heterocycles. The molecule has 26 heavy (non-hydrogen) atoms. The highest BCUT2D eigenvalue weighted by atomic mass is 19.1. The van der Waals surface area contributed by atoms with E-state index in [2.05, 4.69) is 15.7 Å².